The molecule has 2 heterocycles. The van der Waals surface area contributed by atoms with Crippen molar-refractivity contribution in [2.24, 2.45) is 0 Å². The number of anilines is 1. The van der Waals surface area contributed by atoms with Crippen LogP contribution in [-0.4, -0.2) is 24.1 Å². The SMILES string of the molecule is O=C(CCc1ccccc1)Nc1c2c(nn1-c1cccc(Cl)c1)CS(=O)(=O)C2. The lowest BCUT2D eigenvalue weighted by Crippen LogP contribution is -2.17. The normalized spacial score (nSPS) is 14.6. The Balaban J connectivity index is 1.62. The molecule has 1 amide bonds. The van der Waals surface area contributed by atoms with Crippen LogP contribution >= 0.6 is 11.6 Å². The topological polar surface area (TPSA) is 81.1 Å². The summed E-state index contributed by atoms with van der Waals surface area (Å²) in [5.74, 6) is -0.0458. The molecule has 4 rings (SSSR count). The molecule has 1 aliphatic heterocycles. The van der Waals surface area contributed by atoms with Crippen LogP contribution in [0.25, 0.3) is 5.69 Å². The highest BCUT2D eigenvalue weighted by Crippen LogP contribution is 2.33. The van der Waals surface area contributed by atoms with Crippen molar-refractivity contribution in [1.82, 2.24) is 9.78 Å². The molecule has 0 aliphatic carbocycles. The molecule has 28 heavy (non-hydrogen) atoms. The Kier molecular flexibility index (Phi) is 4.95. The van der Waals surface area contributed by atoms with Crippen molar-refractivity contribution in [2.75, 3.05) is 5.32 Å². The average molecular weight is 416 g/mol. The van der Waals surface area contributed by atoms with Gasteiger partial charge in [-0.3, -0.25) is 4.79 Å². The van der Waals surface area contributed by atoms with E-state index in [2.05, 4.69) is 10.4 Å². The molecule has 8 heteroatoms. The lowest BCUT2D eigenvalue weighted by atomic mass is 10.1. The smallest absolute Gasteiger partial charge is 0.225 e. The number of fused-ring (bicyclic) bond motifs is 1. The summed E-state index contributed by atoms with van der Waals surface area (Å²) in [6.07, 6.45) is 0.880. The largest absolute Gasteiger partial charge is 0.310 e. The van der Waals surface area contributed by atoms with Gasteiger partial charge in [-0.25, -0.2) is 13.1 Å². The van der Waals surface area contributed by atoms with Gasteiger partial charge in [0, 0.05) is 17.0 Å². The number of amides is 1. The number of hydrogen-bond donors (Lipinski definition) is 1. The van der Waals surface area contributed by atoms with Gasteiger partial charge in [0.05, 0.1) is 22.9 Å². The number of nitrogens with one attached hydrogen (secondary N) is 1. The fourth-order valence-corrected chi connectivity index (χ4v) is 4.94. The van der Waals surface area contributed by atoms with Crippen LogP contribution in [0.15, 0.2) is 54.6 Å². The monoisotopic (exact) mass is 415 g/mol. The van der Waals surface area contributed by atoms with Gasteiger partial charge in [0.25, 0.3) is 0 Å². The van der Waals surface area contributed by atoms with E-state index in [0.29, 0.717) is 34.2 Å². The standard InChI is InChI=1S/C20H18ClN3O3S/c21-15-7-4-8-16(11-15)24-20(17-12-28(26,27)13-18(17)23-24)22-19(25)10-9-14-5-2-1-3-6-14/h1-8,11H,9-10,12-13H2,(H,22,25). The van der Waals surface area contributed by atoms with Gasteiger partial charge in [-0.1, -0.05) is 48.0 Å². The predicted molar refractivity (Wildman–Crippen MR) is 108 cm³/mol. The number of aryl methyl sites for hydroxylation is 1. The van der Waals surface area contributed by atoms with Gasteiger partial charge in [-0.05, 0) is 30.2 Å². The van der Waals surface area contributed by atoms with Crippen LogP contribution in [0.1, 0.15) is 23.2 Å². The van der Waals surface area contributed by atoms with E-state index < -0.39 is 9.84 Å². The number of sulfone groups is 1. The summed E-state index contributed by atoms with van der Waals surface area (Å²) in [5, 5.41) is 7.83. The summed E-state index contributed by atoms with van der Waals surface area (Å²) in [6, 6.07) is 16.8. The molecule has 3 aromatic rings. The molecule has 1 aromatic heterocycles. The molecule has 1 N–H and O–H groups in total. The maximum Gasteiger partial charge on any atom is 0.225 e. The number of benzene rings is 2. The van der Waals surface area contributed by atoms with Crippen molar-refractivity contribution >= 4 is 33.2 Å². The maximum atomic E-state index is 12.6. The van der Waals surface area contributed by atoms with Crippen molar-refractivity contribution in [2.45, 2.75) is 24.3 Å². The zero-order valence-electron chi connectivity index (χ0n) is 14.9. The Morgan fingerprint density at radius 2 is 1.89 bits per heavy atom. The zero-order valence-corrected chi connectivity index (χ0v) is 16.5. The van der Waals surface area contributed by atoms with Gasteiger partial charge in [0.15, 0.2) is 9.84 Å². The van der Waals surface area contributed by atoms with Crippen molar-refractivity contribution in [1.29, 1.82) is 0 Å². The molecule has 6 nitrogen and oxygen atoms in total. The molecule has 0 spiro atoms. The van der Waals surface area contributed by atoms with E-state index in [4.69, 9.17) is 11.6 Å². The van der Waals surface area contributed by atoms with Gasteiger partial charge >= 0.3 is 0 Å². The van der Waals surface area contributed by atoms with Crippen LogP contribution in [0.4, 0.5) is 5.82 Å². The molecule has 1 aliphatic rings. The summed E-state index contributed by atoms with van der Waals surface area (Å²) in [5.41, 5.74) is 2.75. The van der Waals surface area contributed by atoms with Crippen LogP contribution in [0.5, 0.6) is 0 Å². The highest BCUT2D eigenvalue weighted by atomic mass is 35.5. The summed E-state index contributed by atoms with van der Waals surface area (Å²) in [7, 11) is -3.24. The molecule has 0 saturated heterocycles. The van der Waals surface area contributed by atoms with E-state index in [1.54, 1.807) is 22.9 Å². The van der Waals surface area contributed by atoms with E-state index in [1.165, 1.54) is 0 Å². The number of hydrogen-bond acceptors (Lipinski definition) is 4. The minimum absolute atomic E-state index is 0.122. The second kappa shape index (κ2) is 7.41. The number of rotatable bonds is 5. The van der Waals surface area contributed by atoms with Crippen LogP contribution in [0.2, 0.25) is 5.02 Å². The van der Waals surface area contributed by atoms with Crippen molar-refractivity contribution in [3.8, 4) is 5.69 Å². The fraction of sp³-hybridized carbons (Fsp3) is 0.200. The number of aromatic nitrogens is 2. The molecule has 0 radical (unpaired) electrons. The number of carbonyl (C=O) groups is 1. The molecule has 0 atom stereocenters. The molecule has 0 fully saturated rings. The van der Waals surface area contributed by atoms with Crippen LogP contribution < -0.4 is 5.32 Å². The van der Waals surface area contributed by atoms with E-state index in [-0.39, 0.29) is 23.8 Å². The summed E-state index contributed by atoms with van der Waals surface area (Å²) in [6.45, 7) is 0. The van der Waals surface area contributed by atoms with Gasteiger partial charge in [-0.2, -0.15) is 5.10 Å². The van der Waals surface area contributed by atoms with E-state index >= 15 is 0 Å². The Bertz CT molecular complexity index is 1140. The first kappa shape index (κ1) is 18.7. The molecule has 0 saturated carbocycles. The molecule has 0 bridgehead atoms. The first-order valence-electron chi connectivity index (χ1n) is 8.82. The highest BCUT2D eigenvalue weighted by molar-refractivity contribution is 7.90. The first-order valence-corrected chi connectivity index (χ1v) is 11.0. The number of nitrogens with zero attached hydrogens (tertiary/aromatic N) is 2. The Hall–Kier alpha value is -2.64. The maximum absolute atomic E-state index is 12.6. The third kappa shape index (κ3) is 3.95. The minimum Gasteiger partial charge on any atom is -0.310 e. The molecule has 144 valence electrons. The van der Waals surface area contributed by atoms with Gasteiger partial charge in [0.2, 0.25) is 5.91 Å². The predicted octanol–water partition coefficient (Wildman–Crippen LogP) is 3.53. The zero-order chi connectivity index (χ0) is 19.7. The van der Waals surface area contributed by atoms with Crippen LogP contribution in [-0.2, 0) is 32.6 Å². The average Bonchev–Trinajstić information content (AvgIpc) is 3.13. The van der Waals surface area contributed by atoms with Crippen molar-refractivity contribution in [3.63, 3.8) is 0 Å². The van der Waals surface area contributed by atoms with Gasteiger partial charge in [0.1, 0.15) is 5.82 Å². The number of halogens is 1. The number of carbonyl (C=O) groups excluding carboxylic acids is 1. The second-order valence-corrected chi connectivity index (χ2v) is 9.23. The summed E-state index contributed by atoms with van der Waals surface area (Å²) in [4.78, 5) is 12.6. The van der Waals surface area contributed by atoms with Crippen LogP contribution in [0, 0.1) is 0 Å². The Morgan fingerprint density at radius 1 is 1.11 bits per heavy atom. The quantitative estimate of drug-likeness (QED) is 0.691. The van der Waals surface area contributed by atoms with Gasteiger partial charge in [-0.15, -0.1) is 0 Å². The van der Waals surface area contributed by atoms with Crippen molar-refractivity contribution in [3.05, 3.63) is 76.4 Å². The summed E-state index contributed by atoms with van der Waals surface area (Å²) >= 11 is 6.09. The van der Waals surface area contributed by atoms with Gasteiger partial charge < -0.3 is 5.32 Å². The first-order chi connectivity index (χ1) is 13.4. The minimum atomic E-state index is -3.24. The van der Waals surface area contributed by atoms with Crippen LogP contribution in [0.3, 0.4) is 0 Å². The summed E-state index contributed by atoms with van der Waals surface area (Å²) < 4.78 is 25.6. The van der Waals surface area contributed by atoms with E-state index in [1.807, 2.05) is 36.4 Å². The molecular weight excluding hydrogens is 398 g/mol. The lowest BCUT2D eigenvalue weighted by molar-refractivity contribution is -0.116. The molecular formula is C20H18ClN3O3S. The molecule has 2 aromatic carbocycles. The Labute approximate surface area is 168 Å². The lowest BCUT2D eigenvalue weighted by Gasteiger charge is -2.11. The second-order valence-electron chi connectivity index (χ2n) is 6.73. The highest BCUT2D eigenvalue weighted by Gasteiger charge is 2.33. The van der Waals surface area contributed by atoms with E-state index in [9.17, 15) is 13.2 Å². The molecule has 0 unspecified atom stereocenters. The van der Waals surface area contributed by atoms with Crippen molar-refractivity contribution < 1.29 is 13.2 Å². The Morgan fingerprint density at radius 3 is 2.64 bits per heavy atom. The van der Waals surface area contributed by atoms with E-state index in [0.717, 1.165) is 5.56 Å². The fourth-order valence-electron chi connectivity index (χ4n) is 3.26. The third-order valence-corrected chi connectivity index (χ3v) is 6.26. The third-order valence-electron chi connectivity index (χ3n) is 4.58.